The van der Waals surface area contributed by atoms with Crippen molar-refractivity contribution in [3.05, 3.63) is 29.8 Å². The Bertz CT molecular complexity index is 505. The molecule has 0 N–H and O–H groups in total. The summed E-state index contributed by atoms with van der Waals surface area (Å²) in [6.07, 6.45) is 19.3. The van der Waals surface area contributed by atoms with Crippen molar-refractivity contribution in [3.63, 3.8) is 0 Å². The first kappa shape index (κ1) is 24.3. The van der Waals surface area contributed by atoms with Crippen molar-refractivity contribution in [1.82, 2.24) is 4.90 Å². The van der Waals surface area contributed by atoms with Crippen molar-refractivity contribution >= 4 is 5.69 Å². The Hall–Kier alpha value is -1.02. The Morgan fingerprint density at radius 1 is 0.724 bits per heavy atom. The van der Waals surface area contributed by atoms with E-state index in [0.717, 1.165) is 0 Å². The molecule has 0 saturated heterocycles. The van der Waals surface area contributed by atoms with Crippen molar-refractivity contribution in [2.75, 3.05) is 37.6 Å². The minimum Gasteiger partial charge on any atom is -0.371 e. The second-order valence-electron chi connectivity index (χ2n) is 9.10. The molecule has 1 heterocycles. The number of nitrogens with zero attached hydrogens (tertiary/aromatic N) is 2. The molecule has 0 unspecified atom stereocenters. The summed E-state index contributed by atoms with van der Waals surface area (Å²) in [5, 5.41) is 0. The van der Waals surface area contributed by atoms with Gasteiger partial charge in [0.15, 0.2) is 0 Å². The number of anilines is 1. The van der Waals surface area contributed by atoms with E-state index in [9.17, 15) is 0 Å². The molecule has 0 aromatic heterocycles. The van der Waals surface area contributed by atoms with Crippen LogP contribution in [0.1, 0.15) is 103 Å². The minimum absolute atomic E-state index is 1.25. The smallest absolute Gasteiger partial charge is 0.0398 e. The molecule has 0 atom stereocenters. The Morgan fingerprint density at radius 2 is 1.31 bits per heavy atom. The standard InChI is InChI=1S/C27H48N2/c1-3-5-21-28(22-6-4-2)23-15-11-9-7-8-10-12-16-24-29-25-17-19-26-18-13-14-20-27(26)29/h13-14,18,20H,3-12,15-17,19,21-25H2,1-2H3. The van der Waals surface area contributed by atoms with Crippen LogP contribution in [0.4, 0.5) is 5.69 Å². The Morgan fingerprint density at radius 3 is 2.00 bits per heavy atom. The third-order valence-corrected chi connectivity index (χ3v) is 6.51. The fourth-order valence-corrected chi connectivity index (χ4v) is 4.64. The van der Waals surface area contributed by atoms with Crippen LogP contribution in [0.25, 0.3) is 0 Å². The predicted molar refractivity (Wildman–Crippen MR) is 130 cm³/mol. The van der Waals surface area contributed by atoms with Crippen molar-refractivity contribution in [2.45, 2.75) is 104 Å². The Balaban J connectivity index is 1.44. The topological polar surface area (TPSA) is 6.48 Å². The van der Waals surface area contributed by atoms with Gasteiger partial charge in [0, 0.05) is 18.8 Å². The third kappa shape index (κ3) is 10.0. The zero-order valence-corrected chi connectivity index (χ0v) is 19.6. The van der Waals surface area contributed by atoms with E-state index in [1.54, 1.807) is 5.56 Å². The second-order valence-corrected chi connectivity index (χ2v) is 9.10. The maximum Gasteiger partial charge on any atom is 0.0398 e. The Kier molecular flexibility index (Phi) is 13.2. The fourth-order valence-electron chi connectivity index (χ4n) is 4.64. The monoisotopic (exact) mass is 400 g/mol. The zero-order valence-electron chi connectivity index (χ0n) is 19.6. The quantitative estimate of drug-likeness (QED) is 0.250. The van der Waals surface area contributed by atoms with E-state index in [-0.39, 0.29) is 0 Å². The normalized spacial score (nSPS) is 13.8. The fraction of sp³-hybridized carbons (Fsp3) is 0.778. The van der Waals surface area contributed by atoms with E-state index < -0.39 is 0 Å². The lowest BCUT2D eigenvalue weighted by Crippen LogP contribution is -2.30. The summed E-state index contributed by atoms with van der Waals surface area (Å²) in [6, 6.07) is 9.02. The molecular weight excluding hydrogens is 352 g/mol. The second kappa shape index (κ2) is 15.8. The first-order chi connectivity index (χ1) is 14.3. The van der Waals surface area contributed by atoms with E-state index in [2.05, 4.69) is 47.9 Å². The van der Waals surface area contributed by atoms with Gasteiger partial charge in [-0.05, 0) is 69.8 Å². The molecular formula is C27H48N2. The lowest BCUT2D eigenvalue weighted by atomic mass is 10.0. The molecule has 0 bridgehead atoms. The van der Waals surface area contributed by atoms with Crippen molar-refractivity contribution in [2.24, 2.45) is 0 Å². The summed E-state index contributed by atoms with van der Waals surface area (Å²) in [5.74, 6) is 0. The third-order valence-electron chi connectivity index (χ3n) is 6.51. The maximum atomic E-state index is 2.71. The van der Waals surface area contributed by atoms with E-state index in [4.69, 9.17) is 0 Å². The molecule has 0 amide bonds. The van der Waals surface area contributed by atoms with E-state index in [1.165, 1.54) is 128 Å². The molecule has 29 heavy (non-hydrogen) atoms. The van der Waals surface area contributed by atoms with Crippen molar-refractivity contribution in [1.29, 1.82) is 0 Å². The van der Waals surface area contributed by atoms with Gasteiger partial charge in [0.2, 0.25) is 0 Å². The molecule has 1 aromatic rings. The highest BCUT2D eigenvalue weighted by atomic mass is 15.1. The number of fused-ring (bicyclic) bond motifs is 1. The number of aryl methyl sites for hydroxylation is 1. The van der Waals surface area contributed by atoms with Crippen molar-refractivity contribution in [3.8, 4) is 0 Å². The number of rotatable bonds is 17. The van der Waals surface area contributed by atoms with Gasteiger partial charge in [0.25, 0.3) is 0 Å². The van der Waals surface area contributed by atoms with Gasteiger partial charge < -0.3 is 9.80 Å². The van der Waals surface area contributed by atoms with Gasteiger partial charge in [-0.3, -0.25) is 0 Å². The number of unbranched alkanes of at least 4 members (excludes halogenated alkanes) is 9. The summed E-state index contributed by atoms with van der Waals surface area (Å²) in [6.45, 7) is 11.1. The lowest BCUT2D eigenvalue weighted by molar-refractivity contribution is 0.259. The summed E-state index contributed by atoms with van der Waals surface area (Å²) in [5.41, 5.74) is 3.06. The highest BCUT2D eigenvalue weighted by Gasteiger charge is 2.15. The summed E-state index contributed by atoms with van der Waals surface area (Å²) >= 11 is 0. The van der Waals surface area contributed by atoms with Crippen LogP contribution in [0.2, 0.25) is 0 Å². The molecule has 2 heteroatoms. The highest BCUT2D eigenvalue weighted by molar-refractivity contribution is 5.55. The average molecular weight is 401 g/mol. The molecule has 1 aromatic carbocycles. The SMILES string of the molecule is CCCCN(CCCC)CCCCCCCCCCN1CCCc2ccccc21. The van der Waals surface area contributed by atoms with Crippen LogP contribution >= 0.6 is 0 Å². The summed E-state index contributed by atoms with van der Waals surface area (Å²) in [7, 11) is 0. The van der Waals surface area contributed by atoms with Crippen LogP contribution in [-0.2, 0) is 6.42 Å². The van der Waals surface area contributed by atoms with E-state index in [1.807, 2.05) is 0 Å². The van der Waals surface area contributed by atoms with Crippen LogP contribution < -0.4 is 4.90 Å². The maximum absolute atomic E-state index is 2.71. The molecule has 2 rings (SSSR count). The van der Waals surface area contributed by atoms with Crippen LogP contribution in [0.15, 0.2) is 24.3 Å². The van der Waals surface area contributed by atoms with Gasteiger partial charge in [-0.2, -0.15) is 0 Å². The average Bonchev–Trinajstić information content (AvgIpc) is 2.76. The zero-order chi connectivity index (χ0) is 20.6. The number of hydrogen-bond donors (Lipinski definition) is 0. The number of hydrogen-bond acceptors (Lipinski definition) is 2. The highest BCUT2D eigenvalue weighted by Crippen LogP contribution is 2.26. The molecule has 0 saturated carbocycles. The van der Waals surface area contributed by atoms with Crippen molar-refractivity contribution < 1.29 is 0 Å². The number of para-hydroxylation sites is 1. The molecule has 1 aliphatic heterocycles. The Labute approximate surface area is 182 Å². The molecule has 0 fully saturated rings. The van der Waals surface area contributed by atoms with Crippen LogP contribution in [-0.4, -0.2) is 37.6 Å². The first-order valence-corrected chi connectivity index (χ1v) is 12.9. The molecule has 2 nitrogen and oxygen atoms in total. The van der Waals surface area contributed by atoms with Gasteiger partial charge in [-0.15, -0.1) is 0 Å². The van der Waals surface area contributed by atoms with Gasteiger partial charge in [0.1, 0.15) is 0 Å². The van der Waals surface area contributed by atoms with Crippen LogP contribution in [0.3, 0.4) is 0 Å². The lowest BCUT2D eigenvalue weighted by Gasteiger charge is -2.31. The summed E-state index contributed by atoms with van der Waals surface area (Å²) < 4.78 is 0. The summed E-state index contributed by atoms with van der Waals surface area (Å²) in [4.78, 5) is 5.34. The van der Waals surface area contributed by atoms with E-state index >= 15 is 0 Å². The van der Waals surface area contributed by atoms with E-state index in [0.29, 0.717) is 0 Å². The first-order valence-electron chi connectivity index (χ1n) is 12.9. The number of benzene rings is 1. The van der Waals surface area contributed by atoms with Gasteiger partial charge in [-0.1, -0.05) is 83.4 Å². The van der Waals surface area contributed by atoms with Crippen LogP contribution in [0.5, 0.6) is 0 Å². The van der Waals surface area contributed by atoms with Crippen LogP contribution in [0, 0.1) is 0 Å². The predicted octanol–water partition coefficient (Wildman–Crippen LogP) is 7.46. The minimum atomic E-state index is 1.25. The van der Waals surface area contributed by atoms with Gasteiger partial charge in [-0.25, -0.2) is 0 Å². The molecule has 0 spiro atoms. The molecule has 1 aliphatic rings. The van der Waals surface area contributed by atoms with Gasteiger partial charge in [0.05, 0.1) is 0 Å². The largest absolute Gasteiger partial charge is 0.371 e. The molecule has 0 aliphatic carbocycles. The molecule has 166 valence electrons. The molecule has 0 radical (unpaired) electrons. The van der Waals surface area contributed by atoms with Gasteiger partial charge >= 0.3 is 0 Å².